The van der Waals surface area contributed by atoms with E-state index in [0.717, 1.165) is 23.4 Å². The van der Waals surface area contributed by atoms with Gasteiger partial charge in [-0.1, -0.05) is 20.8 Å². The van der Waals surface area contributed by atoms with Crippen LogP contribution in [0, 0.1) is 19.3 Å². The number of carbonyl (C=O) groups excluding carboxylic acids is 1. The Balaban J connectivity index is 2.04. The lowest BCUT2D eigenvalue weighted by atomic mass is 9.81. The van der Waals surface area contributed by atoms with E-state index in [4.69, 9.17) is 0 Å². The Bertz CT molecular complexity index is 740. The van der Waals surface area contributed by atoms with E-state index >= 15 is 0 Å². The molecule has 132 valence electrons. The molecule has 6 nitrogen and oxygen atoms in total. The number of carbonyl (C=O) groups is 1. The molecule has 6 heteroatoms. The van der Waals surface area contributed by atoms with Crippen LogP contribution in [0.15, 0.2) is 6.33 Å². The summed E-state index contributed by atoms with van der Waals surface area (Å²) in [4.78, 5) is 21.0. The third-order valence-electron chi connectivity index (χ3n) is 4.04. The normalized spacial score (nSPS) is 12.6. The minimum atomic E-state index is -0.215. The standard InChI is InChI=1S/C18H29N5O/c1-12-14(13(2)23-16(21-12)19-11-20-23)8-9-15(24)22-18(6,7)10-17(3,4)5/h11H,8-10H2,1-7H3,(H,22,24). The van der Waals surface area contributed by atoms with Crippen LogP contribution in [0.5, 0.6) is 0 Å². The number of fused-ring (bicyclic) bond motifs is 1. The van der Waals surface area contributed by atoms with Gasteiger partial charge in [0.15, 0.2) is 0 Å². The number of aromatic nitrogens is 4. The smallest absolute Gasteiger partial charge is 0.252 e. The number of aryl methyl sites for hydroxylation is 2. The second kappa shape index (κ2) is 6.49. The van der Waals surface area contributed by atoms with Gasteiger partial charge in [-0.05, 0) is 51.5 Å². The van der Waals surface area contributed by atoms with Crippen LogP contribution in [0.4, 0.5) is 0 Å². The molecule has 2 rings (SSSR count). The van der Waals surface area contributed by atoms with Crippen LogP contribution in [0.3, 0.4) is 0 Å². The van der Waals surface area contributed by atoms with Crippen molar-refractivity contribution < 1.29 is 4.79 Å². The van der Waals surface area contributed by atoms with Crippen LogP contribution in [-0.2, 0) is 11.2 Å². The van der Waals surface area contributed by atoms with Gasteiger partial charge in [-0.25, -0.2) is 9.50 Å². The fraction of sp³-hybridized carbons (Fsp3) is 0.667. The molecule has 0 atom stereocenters. The van der Waals surface area contributed by atoms with Crippen LogP contribution >= 0.6 is 0 Å². The lowest BCUT2D eigenvalue weighted by Gasteiger charge is -2.33. The maximum Gasteiger partial charge on any atom is 0.252 e. The summed E-state index contributed by atoms with van der Waals surface area (Å²) in [6.07, 6.45) is 3.52. The van der Waals surface area contributed by atoms with Gasteiger partial charge in [0.25, 0.3) is 5.78 Å². The van der Waals surface area contributed by atoms with Crippen molar-refractivity contribution in [1.82, 2.24) is 24.9 Å². The zero-order valence-electron chi connectivity index (χ0n) is 15.9. The van der Waals surface area contributed by atoms with E-state index in [1.807, 2.05) is 13.8 Å². The Kier molecular flexibility index (Phi) is 4.97. The molecule has 0 aliphatic carbocycles. The van der Waals surface area contributed by atoms with Gasteiger partial charge in [0.2, 0.25) is 5.91 Å². The Labute approximate surface area is 144 Å². The maximum absolute atomic E-state index is 12.4. The summed E-state index contributed by atoms with van der Waals surface area (Å²) in [5, 5.41) is 7.35. The Morgan fingerprint density at radius 2 is 1.88 bits per heavy atom. The second-order valence-corrected chi connectivity index (χ2v) is 8.40. The molecule has 1 N–H and O–H groups in total. The Morgan fingerprint density at radius 1 is 1.21 bits per heavy atom. The molecule has 0 saturated carbocycles. The molecule has 0 saturated heterocycles. The molecule has 0 radical (unpaired) electrons. The summed E-state index contributed by atoms with van der Waals surface area (Å²) in [5.41, 5.74) is 2.93. The van der Waals surface area contributed by atoms with Crippen molar-refractivity contribution in [2.24, 2.45) is 5.41 Å². The monoisotopic (exact) mass is 331 g/mol. The maximum atomic E-state index is 12.4. The van der Waals surface area contributed by atoms with Crippen molar-refractivity contribution in [2.45, 2.75) is 73.3 Å². The summed E-state index contributed by atoms with van der Waals surface area (Å²) in [6, 6.07) is 0. The minimum Gasteiger partial charge on any atom is -0.351 e. The molecule has 0 fully saturated rings. The Morgan fingerprint density at radius 3 is 2.50 bits per heavy atom. The van der Waals surface area contributed by atoms with Crippen molar-refractivity contribution in [3.8, 4) is 0 Å². The highest BCUT2D eigenvalue weighted by molar-refractivity contribution is 5.77. The average Bonchev–Trinajstić information content (AvgIpc) is 2.82. The zero-order valence-corrected chi connectivity index (χ0v) is 15.9. The van der Waals surface area contributed by atoms with E-state index in [1.54, 1.807) is 4.52 Å². The van der Waals surface area contributed by atoms with Gasteiger partial charge < -0.3 is 5.32 Å². The van der Waals surface area contributed by atoms with E-state index in [-0.39, 0.29) is 16.9 Å². The predicted octanol–water partition coefficient (Wildman–Crippen LogP) is 3.00. The molecule has 0 aliphatic rings. The third-order valence-corrected chi connectivity index (χ3v) is 4.04. The number of hydrogen-bond acceptors (Lipinski definition) is 4. The van der Waals surface area contributed by atoms with Crippen molar-refractivity contribution in [3.63, 3.8) is 0 Å². The molecule has 24 heavy (non-hydrogen) atoms. The number of nitrogens with one attached hydrogen (secondary N) is 1. The van der Waals surface area contributed by atoms with Crippen molar-refractivity contribution in [1.29, 1.82) is 0 Å². The molecule has 0 aromatic carbocycles. The first-order valence-corrected chi connectivity index (χ1v) is 8.45. The quantitative estimate of drug-likeness (QED) is 0.914. The highest BCUT2D eigenvalue weighted by Crippen LogP contribution is 2.27. The minimum absolute atomic E-state index is 0.0711. The fourth-order valence-electron chi connectivity index (χ4n) is 3.57. The summed E-state index contributed by atoms with van der Waals surface area (Å²) >= 11 is 0. The lowest BCUT2D eigenvalue weighted by Crippen LogP contribution is -2.45. The van der Waals surface area contributed by atoms with Gasteiger partial charge in [0.05, 0.1) is 0 Å². The van der Waals surface area contributed by atoms with Gasteiger partial charge in [0.1, 0.15) is 6.33 Å². The SMILES string of the molecule is Cc1nc2ncnn2c(C)c1CCC(=O)NC(C)(C)CC(C)(C)C. The first-order valence-electron chi connectivity index (χ1n) is 8.45. The second-order valence-electron chi connectivity index (χ2n) is 8.40. The molecule has 0 aliphatic heterocycles. The number of amides is 1. The number of nitrogens with zero attached hydrogens (tertiary/aromatic N) is 4. The van der Waals surface area contributed by atoms with Gasteiger partial charge in [-0.15, -0.1) is 0 Å². The van der Waals surface area contributed by atoms with E-state index in [1.165, 1.54) is 6.33 Å². The molecule has 2 aromatic rings. The number of hydrogen-bond donors (Lipinski definition) is 1. The summed E-state index contributed by atoms with van der Waals surface area (Å²) in [5.74, 6) is 0.672. The first-order chi connectivity index (χ1) is 11.0. The van der Waals surface area contributed by atoms with Crippen LogP contribution in [0.1, 0.15) is 64.4 Å². The van der Waals surface area contributed by atoms with Crippen molar-refractivity contribution >= 4 is 11.7 Å². The van der Waals surface area contributed by atoms with Gasteiger partial charge in [0, 0.05) is 23.3 Å². The van der Waals surface area contributed by atoms with Gasteiger partial charge in [-0.2, -0.15) is 10.1 Å². The van der Waals surface area contributed by atoms with Crippen LogP contribution in [0.25, 0.3) is 5.78 Å². The fourth-order valence-corrected chi connectivity index (χ4v) is 3.57. The average molecular weight is 331 g/mol. The predicted molar refractivity (Wildman–Crippen MR) is 94.9 cm³/mol. The molecule has 2 aromatic heterocycles. The molecule has 0 spiro atoms. The van der Waals surface area contributed by atoms with Gasteiger partial charge in [-0.3, -0.25) is 4.79 Å². The topological polar surface area (TPSA) is 72.2 Å². The van der Waals surface area contributed by atoms with Gasteiger partial charge >= 0.3 is 0 Å². The van der Waals surface area contributed by atoms with Crippen molar-refractivity contribution in [2.75, 3.05) is 0 Å². The van der Waals surface area contributed by atoms with Crippen molar-refractivity contribution in [3.05, 3.63) is 23.3 Å². The van der Waals surface area contributed by atoms with E-state index in [9.17, 15) is 4.79 Å². The summed E-state index contributed by atoms with van der Waals surface area (Å²) < 4.78 is 1.73. The van der Waals surface area contributed by atoms with E-state index in [2.05, 4.69) is 55.0 Å². The molecule has 2 heterocycles. The molecule has 1 amide bonds. The highest BCUT2D eigenvalue weighted by atomic mass is 16.1. The van der Waals surface area contributed by atoms with Crippen LogP contribution in [0.2, 0.25) is 0 Å². The molecule has 0 unspecified atom stereocenters. The molecule has 0 bridgehead atoms. The Hall–Kier alpha value is -1.98. The zero-order chi connectivity index (χ0) is 18.1. The molecular weight excluding hydrogens is 302 g/mol. The molecular formula is C18H29N5O. The number of rotatable bonds is 5. The first kappa shape index (κ1) is 18.4. The van der Waals surface area contributed by atoms with Crippen LogP contribution in [-0.4, -0.2) is 31.0 Å². The van der Waals surface area contributed by atoms with E-state index < -0.39 is 0 Å². The van der Waals surface area contributed by atoms with Crippen LogP contribution < -0.4 is 5.32 Å². The summed E-state index contributed by atoms with van der Waals surface area (Å²) in [7, 11) is 0. The largest absolute Gasteiger partial charge is 0.351 e. The summed E-state index contributed by atoms with van der Waals surface area (Å²) in [6.45, 7) is 14.7. The van der Waals surface area contributed by atoms with E-state index in [0.29, 0.717) is 18.6 Å². The highest BCUT2D eigenvalue weighted by Gasteiger charge is 2.27. The lowest BCUT2D eigenvalue weighted by molar-refractivity contribution is -0.122. The third kappa shape index (κ3) is 4.52.